The first kappa shape index (κ1) is 35.6. The molecule has 0 heterocycles. The van der Waals surface area contributed by atoms with E-state index in [2.05, 4.69) is 0 Å². The molecule has 0 aromatic rings. The van der Waals surface area contributed by atoms with Crippen molar-refractivity contribution < 1.29 is 29.6 Å². The van der Waals surface area contributed by atoms with Crippen molar-refractivity contribution in [3.05, 3.63) is 0 Å². The summed E-state index contributed by atoms with van der Waals surface area (Å²) in [6.45, 7) is 22.0. The van der Waals surface area contributed by atoms with Crippen LogP contribution in [0.2, 0.25) is 0 Å². The summed E-state index contributed by atoms with van der Waals surface area (Å²) >= 11 is 0. The van der Waals surface area contributed by atoms with Crippen LogP contribution in [0.5, 0.6) is 0 Å². The van der Waals surface area contributed by atoms with E-state index in [9.17, 15) is 29.6 Å². The lowest BCUT2D eigenvalue weighted by atomic mass is 9.96. The van der Waals surface area contributed by atoms with E-state index in [4.69, 9.17) is 0 Å². The minimum Gasteiger partial charge on any atom is -0.480 e. The van der Waals surface area contributed by atoms with Crippen LogP contribution < -0.4 is 0 Å². The van der Waals surface area contributed by atoms with E-state index >= 15 is 0 Å². The Morgan fingerprint density at radius 1 is 0.906 bits per heavy atom. The molecule has 0 aromatic heterocycles. The number of amides is 1. The van der Waals surface area contributed by atoms with Crippen molar-refractivity contribution in [1.82, 2.24) is 9.96 Å². The molecule has 4 unspecified atom stereocenters. The summed E-state index contributed by atoms with van der Waals surface area (Å²) in [5, 5.41) is 30.9. The summed E-state index contributed by atoms with van der Waals surface area (Å²) in [6, 6.07) is -2.76. The van der Waals surface area contributed by atoms with Gasteiger partial charge in [-0.2, -0.15) is 0 Å². The van der Waals surface area contributed by atoms with Gasteiger partial charge < -0.3 is 14.8 Å². The molecule has 0 aliphatic carbocycles. The molecule has 0 aromatic carbocycles. The van der Waals surface area contributed by atoms with Gasteiger partial charge >= 0.3 is 5.97 Å². The fraction of sp³-hybridized carbons (Fsp3) is 0.913. The Hall–Kier alpha value is -0.950. The standard InChI is InChI=1S/C19H39N2O6P.2C2H6/c1-9-11-14(19(25)28(7,8)27)20(10-2)15(12(3)4)17(22)21(26)16(13(5)6)18(23)24;2*1-2/h12-16,19,25-26H,9-11H2,1-8H3,(H,23,24);2*1-2H3. The van der Waals surface area contributed by atoms with Gasteiger partial charge in [-0.3, -0.25) is 14.9 Å². The molecule has 0 bridgehead atoms. The number of hydroxylamine groups is 2. The Balaban J connectivity index is -0.00000198. The van der Waals surface area contributed by atoms with Crippen LogP contribution in [-0.2, 0) is 14.2 Å². The molecular formula is C23H51N2O6P. The number of hydrogen-bond acceptors (Lipinski definition) is 6. The van der Waals surface area contributed by atoms with Crippen LogP contribution in [0.25, 0.3) is 0 Å². The monoisotopic (exact) mass is 482 g/mol. The Labute approximate surface area is 196 Å². The van der Waals surface area contributed by atoms with Gasteiger partial charge in [-0.05, 0) is 38.1 Å². The second kappa shape index (κ2) is 17.5. The second-order valence-corrected chi connectivity index (χ2v) is 11.8. The van der Waals surface area contributed by atoms with Gasteiger partial charge in [-0.15, -0.1) is 0 Å². The van der Waals surface area contributed by atoms with E-state index in [1.54, 1.807) is 32.6 Å². The fourth-order valence-corrected chi connectivity index (χ4v) is 4.74. The van der Waals surface area contributed by atoms with Crippen LogP contribution in [0, 0.1) is 11.8 Å². The third-order valence-corrected chi connectivity index (χ3v) is 6.59. The zero-order valence-electron chi connectivity index (χ0n) is 22.5. The summed E-state index contributed by atoms with van der Waals surface area (Å²) in [4.78, 5) is 26.4. The third-order valence-electron chi connectivity index (χ3n) is 4.97. The molecule has 1 amide bonds. The van der Waals surface area contributed by atoms with Crippen molar-refractivity contribution in [2.45, 2.75) is 106 Å². The van der Waals surface area contributed by atoms with Gasteiger partial charge in [0.25, 0.3) is 5.91 Å². The topological polar surface area (TPSA) is 118 Å². The van der Waals surface area contributed by atoms with E-state index in [-0.39, 0.29) is 5.92 Å². The molecule has 0 fully saturated rings. The number of hydrogen-bond donors (Lipinski definition) is 3. The molecule has 0 spiro atoms. The molecule has 0 aliphatic rings. The van der Waals surface area contributed by atoms with Crippen molar-refractivity contribution in [2.75, 3.05) is 19.9 Å². The number of carboxylic acid groups (broad SMARTS) is 1. The van der Waals surface area contributed by atoms with E-state index < -0.39 is 48.9 Å². The van der Waals surface area contributed by atoms with Crippen molar-refractivity contribution >= 4 is 19.0 Å². The first-order valence-corrected chi connectivity index (χ1v) is 14.6. The van der Waals surface area contributed by atoms with Gasteiger partial charge in [0.05, 0.1) is 6.04 Å². The highest BCUT2D eigenvalue weighted by molar-refractivity contribution is 7.62. The predicted molar refractivity (Wildman–Crippen MR) is 133 cm³/mol. The molecule has 8 nitrogen and oxygen atoms in total. The summed E-state index contributed by atoms with van der Waals surface area (Å²) in [6.07, 6.45) is 1.24. The van der Waals surface area contributed by atoms with E-state index in [1.165, 1.54) is 13.3 Å². The van der Waals surface area contributed by atoms with Gasteiger partial charge in [0.15, 0.2) is 6.04 Å². The highest BCUT2D eigenvalue weighted by Gasteiger charge is 2.43. The smallest absolute Gasteiger partial charge is 0.329 e. The fourth-order valence-electron chi connectivity index (χ4n) is 3.59. The maximum Gasteiger partial charge on any atom is 0.329 e. The first-order valence-electron chi connectivity index (χ1n) is 11.9. The Bertz CT molecular complexity index is 565. The van der Waals surface area contributed by atoms with Gasteiger partial charge in [0, 0.05) is 6.04 Å². The van der Waals surface area contributed by atoms with Gasteiger partial charge in [0.2, 0.25) is 0 Å². The number of rotatable bonds is 12. The molecule has 194 valence electrons. The molecule has 3 N–H and O–H groups in total. The first-order chi connectivity index (χ1) is 14.7. The van der Waals surface area contributed by atoms with Crippen LogP contribution in [-0.4, -0.2) is 81.1 Å². The zero-order valence-corrected chi connectivity index (χ0v) is 23.4. The normalized spacial score (nSPS) is 15.2. The molecule has 0 saturated heterocycles. The Morgan fingerprint density at radius 3 is 1.56 bits per heavy atom. The van der Waals surface area contributed by atoms with Crippen LogP contribution in [0.4, 0.5) is 0 Å². The Morgan fingerprint density at radius 2 is 1.31 bits per heavy atom. The highest BCUT2D eigenvalue weighted by Crippen LogP contribution is 2.45. The van der Waals surface area contributed by atoms with Crippen LogP contribution in [0.15, 0.2) is 0 Å². The van der Waals surface area contributed by atoms with Crippen molar-refractivity contribution in [3.63, 3.8) is 0 Å². The third kappa shape index (κ3) is 10.8. The van der Waals surface area contributed by atoms with E-state index in [1.807, 2.05) is 41.5 Å². The van der Waals surface area contributed by atoms with Crippen LogP contribution in [0.3, 0.4) is 0 Å². The Kier molecular flexibility index (Phi) is 19.5. The molecule has 0 aliphatic heterocycles. The maximum absolute atomic E-state index is 13.1. The summed E-state index contributed by atoms with van der Waals surface area (Å²) in [5.41, 5.74) is 0. The minimum atomic E-state index is -2.85. The highest BCUT2D eigenvalue weighted by atomic mass is 31.2. The molecule has 0 saturated carbocycles. The number of nitrogens with zero attached hydrogens (tertiary/aromatic N) is 2. The molecular weight excluding hydrogens is 431 g/mol. The summed E-state index contributed by atoms with van der Waals surface area (Å²) in [5.74, 6) is -3.88. The number of carboxylic acids is 1. The van der Waals surface area contributed by atoms with Crippen LogP contribution >= 0.6 is 7.14 Å². The van der Waals surface area contributed by atoms with Gasteiger partial charge in [-0.25, -0.2) is 9.86 Å². The maximum atomic E-state index is 13.1. The number of likely N-dealkylation sites (N-methyl/N-ethyl adjacent to an activating group) is 1. The van der Waals surface area contributed by atoms with E-state index in [0.717, 1.165) is 0 Å². The summed E-state index contributed by atoms with van der Waals surface area (Å²) in [7, 11) is -2.85. The molecule has 4 atom stereocenters. The van der Waals surface area contributed by atoms with Crippen LogP contribution in [0.1, 0.15) is 82.1 Å². The lowest BCUT2D eigenvalue weighted by Crippen LogP contribution is -2.59. The average molecular weight is 483 g/mol. The minimum absolute atomic E-state index is 0.261. The molecule has 0 rings (SSSR count). The zero-order chi connectivity index (χ0) is 26.4. The lowest BCUT2D eigenvalue weighted by Gasteiger charge is -2.43. The van der Waals surface area contributed by atoms with E-state index in [0.29, 0.717) is 24.4 Å². The quantitative estimate of drug-likeness (QED) is 0.207. The van der Waals surface area contributed by atoms with Crippen molar-refractivity contribution in [2.24, 2.45) is 11.8 Å². The van der Waals surface area contributed by atoms with Gasteiger partial charge in [0.1, 0.15) is 13.0 Å². The molecule has 9 heteroatoms. The number of aliphatic carboxylic acids is 1. The van der Waals surface area contributed by atoms with Gasteiger partial charge in [-0.1, -0.05) is 75.7 Å². The number of aliphatic hydroxyl groups is 1. The second-order valence-electron chi connectivity index (χ2n) is 8.43. The number of carbonyl (C=O) groups is 2. The number of carbonyl (C=O) groups excluding carboxylic acids is 1. The average Bonchev–Trinajstić information content (AvgIpc) is 2.71. The number of aliphatic hydroxyl groups excluding tert-OH is 1. The largest absolute Gasteiger partial charge is 0.480 e. The molecule has 32 heavy (non-hydrogen) atoms. The van der Waals surface area contributed by atoms with Crippen molar-refractivity contribution in [1.29, 1.82) is 0 Å². The lowest BCUT2D eigenvalue weighted by molar-refractivity contribution is -0.196. The van der Waals surface area contributed by atoms with Crippen molar-refractivity contribution in [3.8, 4) is 0 Å². The SMILES string of the molecule is CC.CC.CCCC(C(O)P(C)(C)=O)N(CC)C(C(=O)N(O)C(C(=O)O)C(C)C)C(C)C. The molecule has 0 radical (unpaired) electrons. The summed E-state index contributed by atoms with van der Waals surface area (Å²) < 4.78 is 12.5. The predicted octanol–water partition coefficient (Wildman–Crippen LogP) is 4.82.